The van der Waals surface area contributed by atoms with E-state index in [0.717, 1.165) is 0 Å². The fourth-order valence-corrected chi connectivity index (χ4v) is 3.91. The van der Waals surface area contributed by atoms with Gasteiger partial charge in [0.2, 0.25) is 10.0 Å². The highest BCUT2D eigenvalue weighted by atomic mass is 32.2. The molecule has 1 aromatic rings. The summed E-state index contributed by atoms with van der Waals surface area (Å²) in [6.07, 6.45) is -1.52. The van der Waals surface area contributed by atoms with E-state index in [9.17, 15) is 18.0 Å². The first-order valence-corrected chi connectivity index (χ1v) is 9.38. The summed E-state index contributed by atoms with van der Waals surface area (Å²) < 4.78 is 32.3. The van der Waals surface area contributed by atoms with Crippen LogP contribution in [0.25, 0.3) is 0 Å². The smallest absolute Gasteiger partial charge is 0.334 e. The van der Waals surface area contributed by atoms with Crippen LogP contribution in [-0.2, 0) is 19.6 Å². The first-order chi connectivity index (χ1) is 11.6. The molecular weight excluding hydrogens is 348 g/mol. The first-order valence-electron chi connectivity index (χ1n) is 7.90. The summed E-state index contributed by atoms with van der Waals surface area (Å²) in [6, 6.07) is 5.42. The second-order valence-corrected chi connectivity index (χ2v) is 8.00. The van der Waals surface area contributed by atoms with Gasteiger partial charge >= 0.3 is 5.97 Å². The predicted octanol–water partition coefficient (Wildman–Crippen LogP) is 0.687. The van der Waals surface area contributed by atoms with Crippen molar-refractivity contribution in [2.24, 2.45) is 0 Å². The van der Waals surface area contributed by atoms with Crippen LogP contribution in [0, 0.1) is 0 Å². The molecular formula is C16H22N2O6S. The molecule has 1 heterocycles. The van der Waals surface area contributed by atoms with Gasteiger partial charge in [-0.25, -0.2) is 17.9 Å². The fraction of sp³-hybridized carbons (Fsp3) is 0.500. The van der Waals surface area contributed by atoms with Crippen molar-refractivity contribution < 1.29 is 27.9 Å². The van der Waals surface area contributed by atoms with Crippen molar-refractivity contribution in [3.05, 3.63) is 29.8 Å². The van der Waals surface area contributed by atoms with E-state index in [2.05, 4.69) is 4.72 Å². The topological polar surface area (TPSA) is 113 Å². The van der Waals surface area contributed by atoms with Crippen molar-refractivity contribution in [2.45, 2.75) is 43.9 Å². The highest BCUT2D eigenvalue weighted by Gasteiger charge is 2.33. The molecule has 0 saturated carbocycles. The number of nitrogens with zero attached hydrogens (tertiary/aromatic N) is 1. The Bertz CT molecular complexity index is 762. The molecule has 1 unspecified atom stereocenters. The Morgan fingerprint density at radius 1 is 1.32 bits per heavy atom. The minimum atomic E-state index is -3.72. The molecule has 0 bridgehead atoms. The second kappa shape index (κ2) is 7.51. The minimum absolute atomic E-state index is 0.0110. The average molecular weight is 370 g/mol. The van der Waals surface area contributed by atoms with Gasteiger partial charge in [-0.1, -0.05) is 6.07 Å². The standard InChI is InChI=1S/C16H22N2O6S/c1-10(2)17-25(22,23)13-6-4-5-12(7-13)15(19)18-8-11(3)24-14(9-18)16(20)21/h4-7,10-11,14,17H,8-9H2,1-3H3,(H,20,21)/t11-,14?/m1/s1. The number of aliphatic carboxylic acids is 1. The summed E-state index contributed by atoms with van der Waals surface area (Å²) in [5, 5.41) is 9.11. The maximum atomic E-state index is 12.7. The number of sulfonamides is 1. The minimum Gasteiger partial charge on any atom is -0.479 e. The normalized spacial score (nSPS) is 21.4. The van der Waals surface area contributed by atoms with Crippen LogP contribution in [-0.4, -0.2) is 61.6 Å². The Morgan fingerprint density at radius 3 is 2.60 bits per heavy atom. The van der Waals surface area contributed by atoms with Gasteiger partial charge in [0.25, 0.3) is 5.91 Å². The van der Waals surface area contributed by atoms with Gasteiger partial charge in [-0.2, -0.15) is 0 Å². The number of amides is 1. The Labute approximate surface area is 146 Å². The fourth-order valence-electron chi connectivity index (χ4n) is 2.61. The molecule has 138 valence electrons. The number of carboxylic acids is 1. The number of carbonyl (C=O) groups excluding carboxylic acids is 1. The van der Waals surface area contributed by atoms with E-state index in [1.54, 1.807) is 20.8 Å². The van der Waals surface area contributed by atoms with Gasteiger partial charge in [0.15, 0.2) is 6.10 Å². The molecule has 2 rings (SSSR count). The van der Waals surface area contributed by atoms with Gasteiger partial charge in [-0.15, -0.1) is 0 Å². The van der Waals surface area contributed by atoms with Gasteiger partial charge in [-0.3, -0.25) is 4.79 Å². The third kappa shape index (κ3) is 4.77. The molecule has 1 amide bonds. The summed E-state index contributed by atoms with van der Waals surface area (Å²) in [4.78, 5) is 25.2. The van der Waals surface area contributed by atoms with E-state index < -0.39 is 34.1 Å². The summed E-state index contributed by atoms with van der Waals surface area (Å²) in [5.74, 6) is -1.56. The van der Waals surface area contributed by atoms with E-state index in [1.807, 2.05) is 0 Å². The average Bonchev–Trinajstić information content (AvgIpc) is 2.52. The third-order valence-corrected chi connectivity index (χ3v) is 5.26. The van der Waals surface area contributed by atoms with Crippen LogP contribution in [0.15, 0.2) is 29.2 Å². The molecule has 1 saturated heterocycles. The number of morpholine rings is 1. The lowest BCUT2D eigenvalue weighted by molar-refractivity contribution is -0.160. The Morgan fingerprint density at radius 2 is 2.00 bits per heavy atom. The van der Waals surface area contributed by atoms with Crippen molar-refractivity contribution in [1.29, 1.82) is 0 Å². The largest absolute Gasteiger partial charge is 0.479 e. The van der Waals surface area contributed by atoms with Crippen LogP contribution in [0.5, 0.6) is 0 Å². The number of carbonyl (C=O) groups is 2. The number of rotatable bonds is 5. The number of ether oxygens (including phenoxy) is 1. The predicted molar refractivity (Wildman–Crippen MR) is 89.8 cm³/mol. The zero-order chi connectivity index (χ0) is 18.8. The van der Waals surface area contributed by atoms with Crippen molar-refractivity contribution in [3.8, 4) is 0 Å². The highest BCUT2D eigenvalue weighted by molar-refractivity contribution is 7.89. The molecule has 2 N–H and O–H groups in total. The molecule has 1 fully saturated rings. The first kappa shape index (κ1) is 19.4. The number of carboxylic acid groups (broad SMARTS) is 1. The van der Waals surface area contributed by atoms with Gasteiger partial charge in [0, 0.05) is 18.2 Å². The molecule has 0 aromatic heterocycles. The summed E-state index contributed by atoms with van der Waals surface area (Å²) in [6.45, 7) is 5.24. The van der Waals surface area contributed by atoms with Crippen molar-refractivity contribution >= 4 is 21.9 Å². The van der Waals surface area contributed by atoms with Gasteiger partial charge < -0.3 is 14.7 Å². The van der Waals surface area contributed by atoms with Crippen molar-refractivity contribution in [3.63, 3.8) is 0 Å². The molecule has 1 aliphatic rings. The summed E-state index contributed by atoms with van der Waals surface area (Å²) >= 11 is 0. The summed E-state index contributed by atoms with van der Waals surface area (Å²) in [5.41, 5.74) is 0.185. The second-order valence-electron chi connectivity index (χ2n) is 6.29. The monoisotopic (exact) mass is 370 g/mol. The van der Waals surface area contributed by atoms with Crippen LogP contribution < -0.4 is 4.72 Å². The molecule has 9 heteroatoms. The van der Waals surface area contributed by atoms with Crippen LogP contribution in [0.3, 0.4) is 0 Å². The zero-order valence-electron chi connectivity index (χ0n) is 14.3. The lowest BCUT2D eigenvalue weighted by Gasteiger charge is -2.35. The Hall–Kier alpha value is -1.97. The van der Waals surface area contributed by atoms with E-state index in [0.29, 0.717) is 0 Å². The third-order valence-electron chi connectivity index (χ3n) is 3.61. The van der Waals surface area contributed by atoms with E-state index in [1.165, 1.54) is 29.2 Å². The Kier molecular flexibility index (Phi) is 5.81. The van der Waals surface area contributed by atoms with E-state index in [-0.39, 0.29) is 29.6 Å². The molecule has 2 atom stereocenters. The molecule has 1 aliphatic heterocycles. The number of hydrogen-bond acceptors (Lipinski definition) is 5. The molecule has 0 spiro atoms. The number of benzene rings is 1. The van der Waals surface area contributed by atoms with Crippen LogP contribution in [0.1, 0.15) is 31.1 Å². The molecule has 1 aromatic carbocycles. The lowest BCUT2D eigenvalue weighted by atomic mass is 10.1. The molecule has 8 nitrogen and oxygen atoms in total. The van der Waals surface area contributed by atoms with Crippen LogP contribution in [0.2, 0.25) is 0 Å². The molecule has 25 heavy (non-hydrogen) atoms. The maximum absolute atomic E-state index is 12.7. The Balaban J connectivity index is 2.25. The maximum Gasteiger partial charge on any atom is 0.334 e. The number of hydrogen-bond donors (Lipinski definition) is 2. The van der Waals surface area contributed by atoms with Gasteiger partial charge in [0.05, 0.1) is 17.5 Å². The van der Waals surface area contributed by atoms with Crippen molar-refractivity contribution in [1.82, 2.24) is 9.62 Å². The van der Waals surface area contributed by atoms with Crippen LogP contribution >= 0.6 is 0 Å². The van der Waals surface area contributed by atoms with E-state index in [4.69, 9.17) is 9.84 Å². The van der Waals surface area contributed by atoms with Crippen molar-refractivity contribution in [2.75, 3.05) is 13.1 Å². The SMILES string of the molecule is CC(C)NS(=O)(=O)c1cccc(C(=O)N2CC(C(=O)O)O[C@H](C)C2)c1. The lowest BCUT2D eigenvalue weighted by Crippen LogP contribution is -2.51. The van der Waals surface area contributed by atoms with Crippen LogP contribution in [0.4, 0.5) is 0 Å². The molecule has 0 radical (unpaired) electrons. The quantitative estimate of drug-likeness (QED) is 0.788. The molecule has 0 aliphatic carbocycles. The zero-order valence-corrected chi connectivity index (χ0v) is 15.1. The van der Waals surface area contributed by atoms with Gasteiger partial charge in [-0.05, 0) is 39.0 Å². The van der Waals surface area contributed by atoms with E-state index >= 15 is 0 Å². The highest BCUT2D eigenvalue weighted by Crippen LogP contribution is 2.18. The van der Waals surface area contributed by atoms with Gasteiger partial charge in [0.1, 0.15) is 0 Å². The summed E-state index contributed by atoms with van der Waals surface area (Å²) in [7, 11) is -3.72. The number of nitrogens with one attached hydrogen (secondary N) is 1.